The normalized spacial score (nSPS) is 21.4. The van der Waals surface area contributed by atoms with E-state index < -0.39 is 0 Å². The van der Waals surface area contributed by atoms with Crippen LogP contribution in [0.15, 0.2) is 12.3 Å². The van der Waals surface area contributed by atoms with Crippen molar-refractivity contribution >= 4 is 6.03 Å². The van der Waals surface area contributed by atoms with E-state index in [1.165, 1.54) is 18.5 Å². The maximum Gasteiger partial charge on any atom is 0.317 e. The third-order valence-corrected chi connectivity index (χ3v) is 4.50. The number of hydrogen-bond acceptors (Lipinski definition) is 3. The van der Waals surface area contributed by atoms with Gasteiger partial charge in [-0.05, 0) is 32.0 Å². The Bertz CT molecular complexity index is 464. The highest BCUT2D eigenvalue weighted by atomic mass is 16.2. The summed E-state index contributed by atoms with van der Waals surface area (Å²) in [6, 6.07) is 2.23. The molecule has 20 heavy (non-hydrogen) atoms. The van der Waals surface area contributed by atoms with Crippen molar-refractivity contribution in [2.24, 2.45) is 7.05 Å². The third kappa shape index (κ3) is 2.80. The summed E-state index contributed by atoms with van der Waals surface area (Å²) in [7, 11) is 2.02. The molecular weight excluding hydrogens is 254 g/mol. The summed E-state index contributed by atoms with van der Waals surface area (Å²) in [4.78, 5) is 15.9. The number of nitrogens with zero attached hydrogens (tertiary/aromatic N) is 4. The number of urea groups is 1. The Morgan fingerprint density at radius 3 is 2.70 bits per heavy atom. The van der Waals surface area contributed by atoms with Gasteiger partial charge in [-0.2, -0.15) is 5.10 Å². The largest absolute Gasteiger partial charge is 0.336 e. The van der Waals surface area contributed by atoms with Crippen molar-refractivity contribution < 1.29 is 4.79 Å². The Morgan fingerprint density at radius 2 is 2.10 bits per heavy atom. The Balaban J connectivity index is 1.44. The first-order valence-electron chi connectivity index (χ1n) is 7.47. The van der Waals surface area contributed by atoms with Gasteiger partial charge in [0.05, 0.1) is 0 Å². The van der Waals surface area contributed by atoms with Crippen LogP contribution in [0, 0.1) is 0 Å². The molecule has 110 valence electrons. The first-order valence-corrected chi connectivity index (χ1v) is 7.47. The summed E-state index contributed by atoms with van der Waals surface area (Å²) in [6.45, 7) is 5.72. The lowest BCUT2D eigenvalue weighted by Gasteiger charge is -2.32. The maximum atomic E-state index is 11.5. The summed E-state index contributed by atoms with van der Waals surface area (Å²) >= 11 is 0. The smallest absolute Gasteiger partial charge is 0.317 e. The number of nitrogens with one attached hydrogen (secondary N) is 1. The SMILES string of the molecule is Cn1nccc1C1CCN(CCN2CCNC2=O)CC1. The van der Waals surface area contributed by atoms with E-state index in [0.717, 1.165) is 39.3 Å². The molecule has 3 rings (SSSR count). The number of amides is 2. The minimum Gasteiger partial charge on any atom is -0.336 e. The molecule has 0 aromatic carbocycles. The van der Waals surface area contributed by atoms with Gasteiger partial charge in [-0.15, -0.1) is 0 Å². The molecule has 0 bridgehead atoms. The van der Waals surface area contributed by atoms with Gasteiger partial charge in [0.15, 0.2) is 0 Å². The number of carbonyl (C=O) groups is 1. The fraction of sp³-hybridized carbons (Fsp3) is 0.714. The number of piperidine rings is 1. The molecule has 0 unspecified atom stereocenters. The van der Waals surface area contributed by atoms with E-state index in [9.17, 15) is 4.79 Å². The van der Waals surface area contributed by atoms with Crippen LogP contribution in [-0.2, 0) is 7.05 Å². The van der Waals surface area contributed by atoms with Gasteiger partial charge in [-0.1, -0.05) is 0 Å². The predicted molar refractivity (Wildman–Crippen MR) is 76.6 cm³/mol. The van der Waals surface area contributed by atoms with Crippen molar-refractivity contribution in [3.05, 3.63) is 18.0 Å². The Hall–Kier alpha value is -1.56. The van der Waals surface area contributed by atoms with Crippen LogP contribution in [0.3, 0.4) is 0 Å². The van der Waals surface area contributed by atoms with E-state index in [1.807, 2.05) is 22.8 Å². The molecule has 2 amide bonds. The maximum absolute atomic E-state index is 11.5. The van der Waals surface area contributed by atoms with Crippen LogP contribution >= 0.6 is 0 Å². The second-order valence-corrected chi connectivity index (χ2v) is 5.71. The number of aromatic nitrogens is 2. The quantitative estimate of drug-likeness (QED) is 0.878. The summed E-state index contributed by atoms with van der Waals surface area (Å²) in [6.07, 6.45) is 4.26. The van der Waals surface area contributed by atoms with E-state index in [1.54, 1.807) is 0 Å². The minimum atomic E-state index is 0.0924. The van der Waals surface area contributed by atoms with Crippen molar-refractivity contribution in [2.45, 2.75) is 18.8 Å². The van der Waals surface area contributed by atoms with Crippen LogP contribution in [0.4, 0.5) is 4.79 Å². The van der Waals surface area contributed by atoms with Gasteiger partial charge in [0.2, 0.25) is 0 Å². The standard InChI is InChI=1S/C14H23N5O/c1-17-13(2-5-16-17)12-3-7-18(8-4-12)10-11-19-9-6-15-14(19)20/h2,5,12H,3-4,6-11H2,1H3,(H,15,20). The lowest BCUT2D eigenvalue weighted by Crippen LogP contribution is -2.40. The van der Waals surface area contributed by atoms with E-state index in [0.29, 0.717) is 5.92 Å². The summed E-state index contributed by atoms with van der Waals surface area (Å²) < 4.78 is 1.99. The van der Waals surface area contributed by atoms with Crippen molar-refractivity contribution in [3.8, 4) is 0 Å². The molecule has 0 aliphatic carbocycles. The second-order valence-electron chi connectivity index (χ2n) is 5.71. The molecule has 1 N–H and O–H groups in total. The van der Waals surface area contributed by atoms with E-state index >= 15 is 0 Å². The monoisotopic (exact) mass is 277 g/mol. The molecule has 2 aliphatic rings. The molecular formula is C14H23N5O. The van der Waals surface area contributed by atoms with Gasteiger partial charge >= 0.3 is 6.03 Å². The van der Waals surface area contributed by atoms with Crippen LogP contribution in [0.25, 0.3) is 0 Å². The van der Waals surface area contributed by atoms with Gasteiger partial charge in [-0.25, -0.2) is 4.79 Å². The molecule has 1 aromatic rings. The molecule has 0 radical (unpaired) electrons. The third-order valence-electron chi connectivity index (χ3n) is 4.50. The van der Waals surface area contributed by atoms with Crippen LogP contribution in [-0.4, -0.2) is 64.9 Å². The lowest BCUT2D eigenvalue weighted by molar-refractivity contribution is 0.179. The molecule has 2 aliphatic heterocycles. The predicted octanol–water partition coefficient (Wildman–Crippen LogP) is 0.625. The molecule has 2 fully saturated rings. The molecule has 1 aromatic heterocycles. The number of likely N-dealkylation sites (tertiary alicyclic amines) is 1. The first-order chi connectivity index (χ1) is 9.74. The van der Waals surface area contributed by atoms with Crippen LogP contribution < -0.4 is 5.32 Å². The Morgan fingerprint density at radius 1 is 1.30 bits per heavy atom. The van der Waals surface area contributed by atoms with Gasteiger partial charge in [-0.3, -0.25) is 4.68 Å². The van der Waals surface area contributed by atoms with Crippen LogP contribution in [0.5, 0.6) is 0 Å². The van der Waals surface area contributed by atoms with Gasteiger partial charge in [0.1, 0.15) is 0 Å². The van der Waals surface area contributed by atoms with Gasteiger partial charge in [0.25, 0.3) is 0 Å². The van der Waals surface area contributed by atoms with Crippen molar-refractivity contribution in [1.29, 1.82) is 0 Å². The highest BCUT2D eigenvalue weighted by molar-refractivity contribution is 5.76. The van der Waals surface area contributed by atoms with E-state index in [-0.39, 0.29) is 6.03 Å². The van der Waals surface area contributed by atoms with E-state index in [4.69, 9.17) is 0 Å². The fourth-order valence-corrected chi connectivity index (χ4v) is 3.22. The van der Waals surface area contributed by atoms with Gasteiger partial charge < -0.3 is 15.1 Å². The Labute approximate surface area is 119 Å². The Kier molecular flexibility index (Phi) is 3.91. The van der Waals surface area contributed by atoms with Crippen molar-refractivity contribution in [1.82, 2.24) is 24.9 Å². The molecule has 2 saturated heterocycles. The molecule has 3 heterocycles. The van der Waals surface area contributed by atoms with E-state index in [2.05, 4.69) is 21.4 Å². The summed E-state index contributed by atoms with van der Waals surface area (Å²) in [5.74, 6) is 0.633. The topological polar surface area (TPSA) is 53.4 Å². The zero-order valence-corrected chi connectivity index (χ0v) is 12.1. The van der Waals surface area contributed by atoms with Crippen molar-refractivity contribution in [3.63, 3.8) is 0 Å². The fourth-order valence-electron chi connectivity index (χ4n) is 3.22. The average Bonchev–Trinajstić information content (AvgIpc) is 3.06. The number of rotatable bonds is 4. The molecule has 0 atom stereocenters. The van der Waals surface area contributed by atoms with Crippen molar-refractivity contribution in [2.75, 3.05) is 39.3 Å². The highest BCUT2D eigenvalue weighted by Gasteiger charge is 2.24. The molecule has 0 spiro atoms. The molecule has 6 nitrogen and oxygen atoms in total. The zero-order chi connectivity index (χ0) is 13.9. The summed E-state index contributed by atoms with van der Waals surface area (Å²) in [5, 5.41) is 7.11. The molecule has 0 saturated carbocycles. The molecule has 6 heteroatoms. The number of hydrogen-bond donors (Lipinski definition) is 1. The zero-order valence-electron chi connectivity index (χ0n) is 12.1. The van der Waals surface area contributed by atoms with Crippen LogP contribution in [0.1, 0.15) is 24.5 Å². The van der Waals surface area contributed by atoms with Crippen LogP contribution in [0.2, 0.25) is 0 Å². The average molecular weight is 277 g/mol. The minimum absolute atomic E-state index is 0.0924. The first kappa shape index (κ1) is 13.4. The summed E-state index contributed by atoms with van der Waals surface area (Å²) in [5.41, 5.74) is 1.35. The number of aryl methyl sites for hydroxylation is 1. The second kappa shape index (κ2) is 5.83. The number of carbonyl (C=O) groups excluding carboxylic acids is 1. The highest BCUT2D eigenvalue weighted by Crippen LogP contribution is 2.27. The van der Waals surface area contributed by atoms with Gasteiger partial charge in [0, 0.05) is 51.0 Å². The lowest BCUT2D eigenvalue weighted by atomic mass is 9.93.